The normalized spacial score (nSPS) is 11.4. The topological polar surface area (TPSA) is 0 Å². The van der Waals surface area contributed by atoms with Gasteiger partial charge < -0.3 is 0 Å². The van der Waals surface area contributed by atoms with E-state index in [1.54, 1.807) is 12.1 Å². The van der Waals surface area contributed by atoms with Gasteiger partial charge in [-0.1, -0.05) is 60.7 Å². The smallest absolute Gasteiger partial charge is 0.194 e. The van der Waals surface area contributed by atoms with Crippen LogP contribution in [-0.4, -0.2) is 0 Å². The quantitative estimate of drug-likeness (QED) is 0.152. The molecule has 4 aromatic rings. The second kappa shape index (κ2) is 10.0. The minimum Gasteiger partial charge on any atom is -0.206 e. The molecule has 0 amide bonds. The van der Waals surface area contributed by atoms with Crippen molar-refractivity contribution in [3.8, 4) is 33.4 Å². The lowest BCUT2D eigenvalue weighted by Gasteiger charge is -2.11. The Kier molecular flexibility index (Phi) is 6.92. The van der Waals surface area contributed by atoms with Gasteiger partial charge in [0.15, 0.2) is 17.5 Å². The van der Waals surface area contributed by atoms with Gasteiger partial charge in [0.1, 0.15) is 11.6 Å². The van der Waals surface area contributed by atoms with Crippen molar-refractivity contribution < 1.29 is 22.0 Å². The minimum absolute atomic E-state index is 0.271. The van der Waals surface area contributed by atoms with Gasteiger partial charge in [-0.15, -0.1) is 0 Å². The number of hydrogen-bond acceptors (Lipinski definition) is 0. The molecule has 0 aliphatic heterocycles. The molecule has 0 aliphatic rings. The van der Waals surface area contributed by atoms with Crippen LogP contribution in [0.15, 0.2) is 84.9 Å². The maximum absolute atomic E-state index is 14.8. The first-order chi connectivity index (χ1) is 16.4. The molecule has 0 spiro atoms. The molecule has 4 rings (SSSR count). The molecule has 0 N–H and O–H groups in total. The van der Waals surface area contributed by atoms with Crippen molar-refractivity contribution in [2.24, 2.45) is 0 Å². The van der Waals surface area contributed by atoms with Gasteiger partial charge in [-0.05, 0) is 77.4 Å². The van der Waals surface area contributed by atoms with E-state index >= 15 is 0 Å². The second-order valence-corrected chi connectivity index (χ2v) is 7.95. The van der Waals surface area contributed by atoms with Crippen LogP contribution in [0.25, 0.3) is 33.4 Å². The molecule has 0 heterocycles. The van der Waals surface area contributed by atoms with Crippen LogP contribution in [0.1, 0.15) is 18.9 Å². The van der Waals surface area contributed by atoms with Gasteiger partial charge in [0.05, 0.1) is 5.56 Å². The zero-order chi connectivity index (χ0) is 24.2. The first-order valence-electron chi connectivity index (χ1n) is 10.8. The predicted molar refractivity (Wildman–Crippen MR) is 126 cm³/mol. The third-order valence-corrected chi connectivity index (χ3v) is 5.66. The standard InChI is InChI=1S/C29H21F5/c1-2-3-4-5-18-6-8-19(9-7-18)20-10-12-21(13-11-20)22-14-24(30)28(25(31)15-22)23-16-26(32)29(34)27(33)17-23/h2-3,6-17H,4-5H2,1H3. The van der Waals surface area contributed by atoms with Crippen molar-refractivity contribution >= 4 is 0 Å². The number of rotatable bonds is 6. The molecule has 0 unspecified atom stereocenters. The summed E-state index contributed by atoms with van der Waals surface area (Å²) in [5.41, 5.74) is 3.04. The molecule has 0 aliphatic carbocycles. The van der Waals surface area contributed by atoms with Crippen LogP contribution < -0.4 is 0 Å². The Morgan fingerprint density at radius 3 is 1.50 bits per heavy atom. The van der Waals surface area contributed by atoms with Gasteiger partial charge in [0, 0.05) is 0 Å². The van der Waals surface area contributed by atoms with Gasteiger partial charge >= 0.3 is 0 Å². The number of halogens is 5. The van der Waals surface area contributed by atoms with Crippen molar-refractivity contribution in [3.05, 3.63) is 120 Å². The lowest BCUT2D eigenvalue weighted by atomic mass is 9.96. The summed E-state index contributed by atoms with van der Waals surface area (Å²) in [6.07, 6.45) is 6.11. The van der Waals surface area contributed by atoms with E-state index < -0.39 is 40.2 Å². The first kappa shape index (κ1) is 23.4. The Balaban J connectivity index is 1.59. The van der Waals surface area contributed by atoms with E-state index in [4.69, 9.17) is 0 Å². The summed E-state index contributed by atoms with van der Waals surface area (Å²) < 4.78 is 69.8. The lowest BCUT2D eigenvalue weighted by molar-refractivity contribution is 0.447. The van der Waals surface area contributed by atoms with Crippen LogP contribution in [0.4, 0.5) is 22.0 Å². The van der Waals surface area contributed by atoms with Crippen molar-refractivity contribution in [2.45, 2.75) is 19.8 Å². The molecule has 34 heavy (non-hydrogen) atoms. The van der Waals surface area contributed by atoms with E-state index in [0.29, 0.717) is 17.7 Å². The fourth-order valence-electron chi connectivity index (χ4n) is 3.85. The number of allylic oxidation sites excluding steroid dienone is 2. The molecule has 4 aromatic carbocycles. The predicted octanol–water partition coefficient (Wildman–Crippen LogP) is 8.89. The maximum atomic E-state index is 14.8. The molecule has 0 radical (unpaired) electrons. The van der Waals surface area contributed by atoms with Gasteiger partial charge in [-0.3, -0.25) is 0 Å². The fraction of sp³-hybridized carbons (Fsp3) is 0.103. The number of aryl methyl sites for hydroxylation is 1. The third-order valence-electron chi connectivity index (χ3n) is 5.66. The molecular formula is C29H21F5. The minimum atomic E-state index is -1.69. The Morgan fingerprint density at radius 1 is 0.559 bits per heavy atom. The highest BCUT2D eigenvalue weighted by molar-refractivity contribution is 5.74. The zero-order valence-electron chi connectivity index (χ0n) is 18.4. The Labute approximate surface area is 195 Å². The summed E-state index contributed by atoms with van der Waals surface area (Å²) in [6.45, 7) is 2.00. The molecular weight excluding hydrogens is 443 g/mol. The lowest BCUT2D eigenvalue weighted by Crippen LogP contribution is -1.97. The van der Waals surface area contributed by atoms with Gasteiger partial charge in [0.2, 0.25) is 0 Å². The van der Waals surface area contributed by atoms with Crippen LogP contribution in [0.2, 0.25) is 0 Å². The molecule has 0 nitrogen and oxygen atoms in total. The Hall–Kier alpha value is -3.73. The molecule has 0 aromatic heterocycles. The van der Waals surface area contributed by atoms with Crippen molar-refractivity contribution in [1.82, 2.24) is 0 Å². The van der Waals surface area contributed by atoms with Crippen molar-refractivity contribution in [3.63, 3.8) is 0 Å². The monoisotopic (exact) mass is 464 g/mol. The molecule has 0 bridgehead atoms. The summed E-state index contributed by atoms with van der Waals surface area (Å²) in [4.78, 5) is 0. The van der Waals surface area contributed by atoms with E-state index in [1.165, 1.54) is 5.56 Å². The summed E-state index contributed by atoms with van der Waals surface area (Å²) >= 11 is 0. The molecule has 5 heteroatoms. The SMILES string of the molecule is CC=CCCc1ccc(-c2ccc(-c3cc(F)c(-c4cc(F)c(F)c(F)c4)c(F)c3)cc2)cc1. The summed E-state index contributed by atoms with van der Waals surface area (Å²) in [5, 5.41) is 0. The number of benzene rings is 4. The largest absolute Gasteiger partial charge is 0.206 e. The molecule has 172 valence electrons. The molecule has 0 fully saturated rings. The van der Waals surface area contributed by atoms with E-state index in [-0.39, 0.29) is 5.56 Å². The molecule has 0 saturated heterocycles. The summed E-state index contributed by atoms with van der Waals surface area (Å²) in [7, 11) is 0. The molecule has 0 saturated carbocycles. The van der Waals surface area contributed by atoms with Crippen molar-refractivity contribution in [2.75, 3.05) is 0 Å². The van der Waals surface area contributed by atoms with E-state index in [1.807, 2.05) is 37.3 Å². The van der Waals surface area contributed by atoms with Crippen LogP contribution in [0.5, 0.6) is 0 Å². The molecule has 0 atom stereocenters. The van der Waals surface area contributed by atoms with Gasteiger partial charge in [0.25, 0.3) is 0 Å². The highest BCUT2D eigenvalue weighted by Gasteiger charge is 2.18. The Bertz CT molecular complexity index is 1290. The van der Waals surface area contributed by atoms with Crippen LogP contribution in [0.3, 0.4) is 0 Å². The van der Waals surface area contributed by atoms with Gasteiger partial charge in [-0.2, -0.15) is 0 Å². The first-order valence-corrected chi connectivity index (χ1v) is 10.8. The van der Waals surface area contributed by atoms with Gasteiger partial charge in [-0.25, -0.2) is 22.0 Å². The Morgan fingerprint density at radius 2 is 1.00 bits per heavy atom. The number of hydrogen-bond donors (Lipinski definition) is 0. The van der Waals surface area contributed by atoms with Crippen molar-refractivity contribution in [1.29, 1.82) is 0 Å². The van der Waals surface area contributed by atoms with Crippen LogP contribution in [0, 0.1) is 29.1 Å². The summed E-state index contributed by atoms with van der Waals surface area (Å²) in [5.74, 6) is -6.72. The van der Waals surface area contributed by atoms with E-state index in [0.717, 1.165) is 36.1 Å². The van der Waals surface area contributed by atoms with Crippen LogP contribution >= 0.6 is 0 Å². The maximum Gasteiger partial charge on any atom is 0.194 e. The highest BCUT2D eigenvalue weighted by atomic mass is 19.2. The average molecular weight is 464 g/mol. The average Bonchev–Trinajstić information content (AvgIpc) is 2.83. The third kappa shape index (κ3) is 4.93. The fourth-order valence-corrected chi connectivity index (χ4v) is 3.85. The van der Waals surface area contributed by atoms with E-state index in [2.05, 4.69) is 18.2 Å². The van der Waals surface area contributed by atoms with E-state index in [9.17, 15) is 22.0 Å². The summed E-state index contributed by atoms with van der Waals surface area (Å²) in [6, 6.07) is 18.8. The highest BCUT2D eigenvalue weighted by Crippen LogP contribution is 2.33. The zero-order valence-corrected chi connectivity index (χ0v) is 18.4. The van der Waals surface area contributed by atoms with Crippen LogP contribution in [-0.2, 0) is 6.42 Å². The second-order valence-electron chi connectivity index (χ2n) is 7.95.